The summed E-state index contributed by atoms with van der Waals surface area (Å²) < 4.78 is 21.1. The molecule has 2 unspecified atom stereocenters. The van der Waals surface area contributed by atoms with Gasteiger partial charge in [-0.15, -0.1) is 0 Å². The predicted molar refractivity (Wildman–Crippen MR) is 82.1 cm³/mol. The standard InChI is InChI=1S/C14H14BrClFN3O/c15-10-3-9(17)4-11(16)14(10)20-7-19-5-12(20)13(18)8-1-2-21-6-8/h3-5,7-8,13H,1-2,6,18H2. The maximum absolute atomic E-state index is 13.4. The molecular formula is C14H14BrClFN3O. The average Bonchev–Trinajstić information content (AvgIpc) is 3.08. The van der Waals surface area contributed by atoms with Crippen molar-refractivity contribution in [3.8, 4) is 5.69 Å². The van der Waals surface area contributed by atoms with E-state index in [0.29, 0.717) is 21.8 Å². The number of nitrogens with zero attached hydrogens (tertiary/aromatic N) is 2. The lowest BCUT2D eigenvalue weighted by molar-refractivity contribution is 0.180. The highest BCUT2D eigenvalue weighted by molar-refractivity contribution is 9.10. The van der Waals surface area contributed by atoms with Gasteiger partial charge in [-0.2, -0.15) is 0 Å². The van der Waals surface area contributed by atoms with Gasteiger partial charge in [0, 0.05) is 17.0 Å². The minimum absolute atomic E-state index is 0.206. The van der Waals surface area contributed by atoms with E-state index in [1.807, 2.05) is 0 Å². The number of rotatable bonds is 3. The molecular weight excluding hydrogens is 361 g/mol. The maximum atomic E-state index is 13.4. The average molecular weight is 375 g/mol. The highest BCUT2D eigenvalue weighted by Crippen LogP contribution is 2.34. The van der Waals surface area contributed by atoms with Gasteiger partial charge in [-0.05, 0) is 34.5 Å². The summed E-state index contributed by atoms with van der Waals surface area (Å²) in [5, 5.41) is 0.302. The first-order valence-electron chi connectivity index (χ1n) is 6.58. The molecule has 2 N–H and O–H groups in total. The molecule has 1 aliphatic heterocycles. The van der Waals surface area contributed by atoms with Crippen molar-refractivity contribution in [1.82, 2.24) is 9.55 Å². The van der Waals surface area contributed by atoms with E-state index in [2.05, 4.69) is 20.9 Å². The van der Waals surface area contributed by atoms with E-state index in [0.717, 1.165) is 18.7 Å². The molecule has 4 nitrogen and oxygen atoms in total. The van der Waals surface area contributed by atoms with Gasteiger partial charge in [-0.1, -0.05) is 11.6 Å². The smallest absolute Gasteiger partial charge is 0.125 e. The van der Waals surface area contributed by atoms with Gasteiger partial charge in [0.05, 0.1) is 41.6 Å². The molecule has 0 amide bonds. The van der Waals surface area contributed by atoms with Crippen molar-refractivity contribution in [3.63, 3.8) is 0 Å². The van der Waals surface area contributed by atoms with Gasteiger partial charge in [0.15, 0.2) is 0 Å². The molecule has 2 heterocycles. The summed E-state index contributed by atoms with van der Waals surface area (Å²) in [5.74, 6) is -0.149. The molecule has 21 heavy (non-hydrogen) atoms. The van der Waals surface area contributed by atoms with Crippen LogP contribution in [0, 0.1) is 11.7 Å². The molecule has 0 saturated carbocycles. The molecule has 0 spiro atoms. The first kappa shape index (κ1) is 15.0. The molecule has 1 aromatic carbocycles. The minimum Gasteiger partial charge on any atom is -0.381 e. The lowest BCUT2D eigenvalue weighted by atomic mass is 9.97. The zero-order valence-electron chi connectivity index (χ0n) is 11.1. The Morgan fingerprint density at radius 2 is 2.33 bits per heavy atom. The van der Waals surface area contributed by atoms with E-state index in [4.69, 9.17) is 22.1 Å². The van der Waals surface area contributed by atoms with Crippen molar-refractivity contribution in [2.45, 2.75) is 12.5 Å². The fourth-order valence-electron chi connectivity index (χ4n) is 2.58. The highest BCUT2D eigenvalue weighted by atomic mass is 79.9. The van der Waals surface area contributed by atoms with Crippen molar-refractivity contribution in [3.05, 3.63) is 45.7 Å². The third-order valence-electron chi connectivity index (χ3n) is 3.70. The number of hydrogen-bond acceptors (Lipinski definition) is 3. The first-order chi connectivity index (χ1) is 10.1. The fourth-order valence-corrected chi connectivity index (χ4v) is 3.62. The minimum atomic E-state index is -0.397. The number of hydrogen-bond donors (Lipinski definition) is 1. The molecule has 7 heteroatoms. The van der Waals surface area contributed by atoms with Crippen LogP contribution in [0.3, 0.4) is 0 Å². The normalized spacial score (nSPS) is 19.9. The summed E-state index contributed by atoms with van der Waals surface area (Å²) in [6.45, 7) is 1.37. The van der Waals surface area contributed by atoms with Gasteiger partial charge in [0.2, 0.25) is 0 Å². The van der Waals surface area contributed by atoms with E-state index in [-0.39, 0.29) is 12.0 Å². The lowest BCUT2D eigenvalue weighted by Gasteiger charge is -2.20. The molecule has 0 aliphatic carbocycles. The van der Waals surface area contributed by atoms with Crippen LogP contribution in [0.4, 0.5) is 4.39 Å². The molecule has 0 radical (unpaired) electrons. The predicted octanol–water partition coefficient (Wildman–Crippen LogP) is 3.46. The molecule has 112 valence electrons. The maximum Gasteiger partial charge on any atom is 0.125 e. The number of imidazole rings is 1. The molecule has 0 bridgehead atoms. The Bertz CT molecular complexity index is 634. The van der Waals surface area contributed by atoms with Crippen LogP contribution >= 0.6 is 27.5 Å². The summed E-state index contributed by atoms with van der Waals surface area (Å²) in [4.78, 5) is 4.16. The zero-order chi connectivity index (χ0) is 15.0. The number of benzene rings is 1. The van der Waals surface area contributed by atoms with E-state index in [1.165, 1.54) is 12.1 Å². The molecule has 1 saturated heterocycles. The number of ether oxygens (including phenoxy) is 1. The summed E-state index contributed by atoms with van der Waals surface area (Å²) in [7, 11) is 0. The molecule has 2 aromatic rings. The Labute approximate surface area is 135 Å². The van der Waals surface area contributed by atoms with Crippen molar-refractivity contribution < 1.29 is 9.13 Å². The Hall–Kier alpha value is -0.950. The van der Waals surface area contributed by atoms with Crippen molar-refractivity contribution in [2.24, 2.45) is 11.7 Å². The zero-order valence-corrected chi connectivity index (χ0v) is 13.4. The van der Waals surface area contributed by atoms with E-state index in [9.17, 15) is 4.39 Å². The number of aromatic nitrogens is 2. The van der Waals surface area contributed by atoms with Crippen molar-refractivity contribution >= 4 is 27.5 Å². The van der Waals surface area contributed by atoms with Crippen LogP contribution in [0.5, 0.6) is 0 Å². The third-order valence-corrected chi connectivity index (χ3v) is 4.60. The van der Waals surface area contributed by atoms with E-state index in [1.54, 1.807) is 17.1 Å². The molecule has 3 rings (SSSR count). The summed E-state index contributed by atoms with van der Waals surface area (Å²) in [6.07, 6.45) is 4.27. The second-order valence-corrected chi connectivity index (χ2v) is 6.32. The lowest BCUT2D eigenvalue weighted by Crippen LogP contribution is -2.24. The molecule has 1 fully saturated rings. The van der Waals surface area contributed by atoms with Crippen LogP contribution in [0.15, 0.2) is 29.1 Å². The second kappa shape index (κ2) is 6.04. The van der Waals surface area contributed by atoms with Crippen LogP contribution in [0.2, 0.25) is 5.02 Å². The highest BCUT2D eigenvalue weighted by Gasteiger charge is 2.27. The van der Waals surface area contributed by atoms with Crippen LogP contribution in [-0.4, -0.2) is 22.8 Å². The van der Waals surface area contributed by atoms with Crippen molar-refractivity contribution in [1.29, 1.82) is 0 Å². The Morgan fingerprint density at radius 3 is 3.00 bits per heavy atom. The SMILES string of the molecule is NC(c1cncn1-c1c(Cl)cc(F)cc1Br)C1CCOC1. The number of nitrogens with two attached hydrogens (primary N) is 1. The molecule has 2 atom stereocenters. The van der Waals surface area contributed by atoms with Crippen LogP contribution in [-0.2, 0) is 4.74 Å². The summed E-state index contributed by atoms with van der Waals surface area (Å²) >= 11 is 9.53. The largest absolute Gasteiger partial charge is 0.381 e. The van der Waals surface area contributed by atoms with E-state index >= 15 is 0 Å². The Balaban J connectivity index is 2.03. The Kier molecular flexibility index (Phi) is 4.31. The van der Waals surface area contributed by atoms with Crippen LogP contribution in [0.1, 0.15) is 18.2 Å². The van der Waals surface area contributed by atoms with Gasteiger partial charge in [0.1, 0.15) is 5.82 Å². The summed E-state index contributed by atoms with van der Waals surface area (Å²) in [5.41, 5.74) is 7.81. The number of halogens is 3. The van der Waals surface area contributed by atoms with Gasteiger partial charge in [0.25, 0.3) is 0 Å². The van der Waals surface area contributed by atoms with E-state index < -0.39 is 5.82 Å². The van der Waals surface area contributed by atoms with Crippen LogP contribution < -0.4 is 5.73 Å². The quantitative estimate of drug-likeness (QED) is 0.895. The molecule has 1 aromatic heterocycles. The van der Waals surface area contributed by atoms with Gasteiger partial charge < -0.3 is 10.5 Å². The first-order valence-corrected chi connectivity index (χ1v) is 7.75. The monoisotopic (exact) mass is 373 g/mol. The topological polar surface area (TPSA) is 53.1 Å². The Morgan fingerprint density at radius 1 is 1.52 bits per heavy atom. The van der Waals surface area contributed by atoms with Gasteiger partial charge >= 0.3 is 0 Å². The summed E-state index contributed by atoms with van der Waals surface area (Å²) in [6, 6.07) is 2.44. The fraction of sp³-hybridized carbons (Fsp3) is 0.357. The van der Waals surface area contributed by atoms with Gasteiger partial charge in [-0.3, -0.25) is 4.57 Å². The molecule has 1 aliphatic rings. The van der Waals surface area contributed by atoms with Gasteiger partial charge in [-0.25, -0.2) is 9.37 Å². The van der Waals surface area contributed by atoms with Crippen molar-refractivity contribution in [2.75, 3.05) is 13.2 Å². The second-order valence-electron chi connectivity index (χ2n) is 5.06. The van der Waals surface area contributed by atoms with Crippen LogP contribution in [0.25, 0.3) is 5.69 Å². The third kappa shape index (κ3) is 2.85.